The van der Waals surface area contributed by atoms with Crippen LogP contribution in [-0.2, 0) is 7.05 Å². The van der Waals surface area contributed by atoms with Crippen molar-refractivity contribution < 1.29 is 0 Å². The van der Waals surface area contributed by atoms with E-state index in [1.165, 1.54) is 12.1 Å². The lowest BCUT2D eigenvalue weighted by Gasteiger charge is -2.18. The van der Waals surface area contributed by atoms with Crippen molar-refractivity contribution in [2.45, 2.75) is 31.6 Å². The van der Waals surface area contributed by atoms with E-state index in [1.807, 2.05) is 36.7 Å². The fraction of sp³-hybridized carbons (Fsp3) is 0.727. The lowest BCUT2D eigenvalue weighted by molar-refractivity contribution is 0.583. The summed E-state index contributed by atoms with van der Waals surface area (Å²) in [5.74, 6) is 1.07. The van der Waals surface area contributed by atoms with Crippen LogP contribution in [0.5, 0.6) is 0 Å². The Hall–Kier alpha value is 0. The molecule has 0 amide bonds. The second-order valence-corrected chi connectivity index (χ2v) is 6.22. The number of hydrogen-bond donors (Lipinski definition) is 1. The van der Waals surface area contributed by atoms with Gasteiger partial charge in [0.15, 0.2) is 0 Å². The molecule has 0 bridgehead atoms. The average molecular weight is 306 g/mol. The maximum atomic E-state index is 4.25. The molecule has 1 rings (SSSR count). The number of aryl methyl sites for hydroxylation is 1. The molecule has 92 valence electrons. The number of hydrogen-bond acceptors (Lipinski definition) is 3. The van der Waals surface area contributed by atoms with Crippen LogP contribution >= 0.6 is 27.7 Å². The van der Waals surface area contributed by atoms with Gasteiger partial charge in [0, 0.05) is 18.1 Å². The van der Waals surface area contributed by atoms with E-state index in [0.29, 0.717) is 11.3 Å². The summed E-state index contributed by atoms with van der Waals surface area (Å²) in [5.41, 5.74) is 1.22. The Morgan fingerprint density at radius 1 is 1.62 bits per heavy atom. The van der Waals surface area contributed by atoms with Crippen molar-refractivity contribution in [1.29, 1.82) is 0 Å². The van der Waals surface area contributed by atoms with E-state index in [0.717, 1.165) is 10.2 Å². The first kappa shape index (κ1) is 14.1. The van der Waals surface area contributed by atoms with Gasteiger partial charge in [0.05, 0.1) is 22.4 Å². The molecule has 0 saturated heterocycles. The molecule has 3 nitrogen and oxygen atoms in total. The maximum absolute atomic E-state index is 4.25. The highest BCUT2D eigenvalue weighted by atomic mass is 79.9. The molecule has 0 radical (unpaired) electrons. The van der Waals surface area contributed by atoms with Gasteiger partial charge in [0.2, 0.25) is 0 Å². The predicted octanol–water partition coefficient (Wildman–Crippen LogP) is 2.97. The van der Waals surface area contributed by atoms with Gasteiger partial charge in [0.25, 0.3) is 0 Å². The van der Waals surface area contributed by atoms with Crippen molar-refractivity contribution in [3.63, 3.8) is 0 Å². The number of nitrogens with zero attached hydrogens (tertiary/aromatic N) is 2. The maximum Gasteiger partial charge on any atom is 0.0700 e. The van der Waals surface area contributed by atoms with Crippen LogP contribution in [0.1, 0.15) is 32.0 Å². The number of nitrogens with one attached hydrogen (secondary N) is 1. The minimum Gasteiger partial charge on any atom is -0.311 e. The minimum atomic E-state index is 0.348. The number of rotatable bonds is 6. The van der Waals surface area contributed by atoms with Gasteiger partial charge in [-0.05, 0) is 29.4 Å². The Balaban J connectivity index is 2.67. The molecule has 0 aliphatic carbocycles. The summed E-state index contributed by atoms with van der Waals surface area (Å²) in [6.45, 7) is 4.50. The summed E-state index contributed by atoms with van der Waals surface area (Å²) in [7, 11) is 3.99. The highest BCUT2D eigenvalue weighted by Gasteiger charge is 2.17. The summed E-state index contributed by atoms with van der Waals surface area (Å²) in [6.07, 6.45) is 3.07. The molecule has 0 spiro atoms. The largest absolute Gasteiger partial charge is 0.311 e. The first-order valence-corrected chi connectivity index (χ1v) is 7.40. The molecule has 0 aliphatic rings. The molecule has 1 aromatic heterocycles. The molecule has 16 heavy (non-hydrogen) atoms. The molecule has 0 fully saturated rings. The minimum absolute atomic E-state index is 0.348. The Kier molecular flexibility index (Phi) is 5.86. The van der Waals surface area contributed by atoms with Crippen molar-refractivity contribution >= 4 is 27.7 Å². The highest BCUT2D eigenvalue weighted by Crippen LogP contribution is 2.27. The fourth-order valence-electron chi connectivity index (χ4n) is 1.49. The van der Waals surface area contributed by atoms with Crippen LogP contribution in [0.25, 0.3) is 0 Å². The van der Waals surface area contributed by atoms with Crippen molar-refractivity contribution in [1.82, 2.24) is 15.1 Å². The summed E-state index contributed by atoms with van der Waals surface area (Å²) < 4.78 is 3.02. The summed E-state index contributed by atoms with van der Waals surface area (Å²) >= 11 is 5.55. The standard InChI is InChI=1S/C11H20BrN3S/c1-5-8(2)16-7-10(13-3)11-9(12)6-14-15(11)4/h6,8,10,13H,5,7H2,1-4H3. The number of thioether (sulfide) groups is 1. The lowest BCUT2D eigenvalue weighted by Crippen LogP contribution is -2.22. The van der Waals surface area contributed by atoms with Gasteiger partial charge in [-0.25, -0.2) is 0 Å². The van der Waals surface area contributed by atoms with Crippen molar-refractivity contribution in [3.8, 4) is 0 Å². The average Bonchev–Trinajstić information content (AvgIpc) is 2.61. The third kappa shape index (κ3) is 3.50. The van der Waals surface area contributed by atoms with Gasteiger partial charge >= 0.3 is 0 Å². The summed E-state index contributed by atoms with van der Waals surface area (Å²) in [5, 5.41) is 8.32. The van der Waals surface area contributed by atoms with E-state index in [1.54, 1.807) is 0 Å². The smallest absolute Gasteiger partial charge is 0.0700 e. The SMILES string of the molecule is CCC(C)SCC(NC)c1c(Br)cnn1C. The lowest BCUT2D eigenvalue weighted by atomic mass is 10.2. The monoisotopic (exact) mass is 305 g/mol. The van der Waals surface area contributed by atoms with Crippen molar-refractivity contribution in [3.05, 3.63) is 16.4 Å². The van der Waals surface area contributed by atoms with Gasteiger partial charge in [-0.1, -0.05) is 13.8 Å². The Morgan fingerprint density at radius 3 is 2.75 bits per heavy atom. The Bertz CT molecular complexity index is 308. The van der Waals surface area contributed by atoms with Crippen LogP contribution in [0.3, 0.4) is 0 Å². The zero-order valence-electron chi connectivity index (χ0n) is 10.3. The predicted molar refractivity (Wildman–Crippen MR) is 74.9 cm³/mol. The molecule has 2 atom stereocenters. The second kappa shape index (κ2) is 6.67. The molecule has 0 aliphatic heterocycles. The quantitative estimate of drug-likeness (QED) is 0.876. The molecular formula is C11H20BrN3S. The molecule has 1 aromatic rings. The van der Waals surface area contributed by atoms with E-state index in [4.69, 9.17) is 0 Å². The number of aromatic nitrogens is 2. The van der Waals surface area contributed by atoms with Crippen molar-refractivity contribution in [2.75, 3.05) is 12.8 Å². The molecule has 5 heteroatoms. The van der Waals surface area contributed by atoms with Crippen LogP contribution in [0.15, 0.2) is 10.7 Å². The molecule has 1 heterocycles. The fourth-order valence-corrected chi connectivity index (χ4v) is 3.20. The van der Waals surface area contributed by atoms with Crippen LogP contribution in [0.4, 0.5) is 0 Å². The third-order valence-corrected chi connectivity index (χ3v) is 4.78. The summed E-state index contributed by atoms with van der Waals surface area (Å²) in [6, 6.07) is 0.348. The first-order chi connectivity index (χ1) is 7.60. The van der Waals surface area contributed by atoms with E-state index in [2.05, 4.69) is 40.2 Å². The Labute approximate surface area is 110 Å². The van der Waals surface area contributed by atoms with Gasteiger partial charge in [0.1, 0.15) is 0 Å². The normalized spacial score (nSPS) is 15.1. The number of halogens is 1. The van der Waals surface area contributed by atoms with E-state index < -0.39 is 0 Å². The van der Waals surface area contributed by atoms with Crippen molar-refractivity contribution in [2.24, 2.45) is 7.05 Å². The van der Waals surface area contributed by atoms with Gasteiger partial charge in [-0.2, -0.15) is 16.9 Å². The zero-order valence-corrected chi connectivity index (χ0v) is 12.7. The molecule has 0 aromatic carbocycles. The van der Waals surface area contributed by atoms with Crippen LogP contribution in [-0.4, -0.2) is 27.8 Å². The van der Waals surface area contributed by atoms with E-state index in [-0.39, 0.29) is 0 Å². The first-order valence-electron chi connectivity index (χ1n) is 5.56. The highest BCUT2D eigenvalue weighted by molar-refractivity contribution is 9.10. The van der Waals surface area contributed by atoms with Gasteiger partial charge in [-0.3, -0.25) is 4.68 Å². The Morgan fingerprint density at radius 2 is 2.31 bits per heavy atom. The molecule has 1 N–H and O–H groups in total. The topological polar surface area (TPSA) is 29.9 Å². The van der Waals surface area contributed by atoms with E-state index in [9.17, 15) is 0 Å². The van der Waals surface area contributed by atoms with Crippen LogP contribution in [0.2, 0.25) is 0 Å². The zero-order chi connectivity index (χ0) is 12.1. The van der Waals surface area contributed by atoms with E-state index >= 15 is 0 Å². The summed E-state index contributed by atoms with van der Waals surface area (Å²) in [4.78, 5) is 0. The third-order valence-electron chi connectivity index (χ3n) is 2.74. The molecular weight excluding hydrogens is 286 g/mol. The molecule has 0 saturated carbocycles. The van der Waals surface area contributed by atoms with Gasteiger partial charge < -0.3 is 5.32 Å². The second-order valence-electron chi connectivity index (χ2n) is 3.89. The van der Waals surface area contributed by atoms with Gasteiger partial charge in [-0.15, -0.1) is 0 Å². The van der Waals surface area contributed by atoms with Crippen LogP contribution < -0.4 is 5.32 Å². The molecule has 2 unspecified atom stereocenters. The van der Waals surface area contributed by atoms with Crippen LogP contribution in [0, 0.1) is 0 Å².